The Kier molecular flexibility index (Phi) is 51.7. The van der Waals surface area contributed by atoms with Gasteiger partial charge in [0.05, 0.1) is 19.8 Å². The van der Waals surface area contributed by atoms with Gasteiger partial charge in [0, 0.05) is 13.0 Å². The van der Waals surface area contributed by atoms with Gasteiger partial charge in [0.1, 0.15) is 30.5 Å². The first kappa shape index (κ1) is 72.1. The third-order valence-corrected chi connectivity index (χ3v) is 15.9. The summed E-state index contributed by atoms with van der Waals surface area (Å²) in [6, 6.07) is 0. The number of aliphatic hydroxyl groups is 3. The number of hydrogen-bond acceptors (Lipinski definition) is 11. The van der Waals surface area contributed by atoms with Crippen LogP contribution in [0.3, 0.4) is 0 Å². The van der Waals surface area contributed by atoms with Crippen molar-refractivity contribution in [1.82, 2.24) is 0 Å². The Balaban J connectivity index is 2.22. The number of ether oxygens (including phenoxy) is 4. The second-order valence-corrected chi connectivity index (χ2v) is 23.8. The van der Waals surface area contributed by atoms with E-state index in [0.29, 0.717) is 13.0 Å². The van der Waals surface area contributed by atoms with Crippen LogP contribution in [0, 0.1) is 0 Å². The third-order valence-electron chi connectivity index (χ3n) is 15.5. The van der Waals surface area contributed by atoms with Crippen LogP contribution in [0.1, 0.15) is 328 Å². The van der Waals surface area contributed by atoms with Gasteiger partial charge in [-0.15, -0.1) is 0 Å². The Morgan fingerprint density at radius 3 is 1.07 bits per heavy atom. The van der Waals surface area contributed by atoms with Crippen molar-refractivity contribution >= 4 is 16.4 Å². The molecule has 1 fully saturated rings. The number of aliphatic hydroxyl groups excluding tert-OH is 3. The Morgan fingerprint density at radius 2 is 0.760 bits per heavy atom. The summed E-state index contributed by atoms with van der Waals surface area (Å²) in [6.45, 7) is 4.10. The summed E-state index contributed by atoms with van der Waals surface area (Å²) in [7, 11) is -5.06. The van der Waals surface area contributed by atoms with E-state index >= 15 is 0 Å². The normalized spacial score (nSPS) is 18.5. The molecule has 12 nitrogen and oxygen atoms in total. The Bertz CT molecular complexity index is 1310. The van der Waals surface area contributed by atoms with E-state index in [9.17, 15) is 33.1 Å². The quantitative estimate of drug-likeness (QED) is 0.0258. The largest absolute Gasteiger partial charge is 0.457 e. The molecule has 75 heavy (non-hydrogen) atoms. The molecule has 1 heterocycles. The molecule has 6 unspecified atom stereocenters. The zero-order valence-corrected chi connectivity index (χ0v) is 49.7. The van der Waals surface area contributed by atoms with Gasteiger partial charge in [-0.3, -0.25) is 9.35 Å². The lowest BCUT2D eigenvalue weighted by atomic mass is 9.99. The summed E-state index contributed by atoms with van der Waals surface area (Å²) >= 11 is 0. The van der Waals surface area contributed by atoms with Crippen LogP contribution >= 0.6 is 0 Å². The highest BCUT2D eigenvalue weighted by molar-refractivity contribution is 7.80. The molecule has 448 valence electrons. The molecule has 0 amide bonds. The molecule has 0 aromatic heterocycles. The second kappa shape index (κ2) is 53.7. The van der Waals surface area contributed by atoms with Crippen LogP contribution < -0.4 is 0 Å². The fourth-order valence-electron chi connectivity index (χ4n) is 10.6. The molecule has 13 heteroatoms. The lowest BCUT2D eigenvalue weighted by Crippen LogP contribution is -2.60. The van der Waals surface area contributed by atoms with Crippen molar-refractivity contribution in [3.05, 3.63) is 0 Å². The zero-order chi connectivity index (χ0) is 54.6. The average Bonchev–Trinajstić information content (AvgIpc) is 3.39. The maximum Gasteiger partial charge on any atom is 0.397 e. The number of carbonyl (C=O) groups is 1. The highest BCUT2D eigenvalue weighted by Gasteiger charge is 2.48. The van der Waals surface area contributed by atoms with Crippen molar-refractivity contribution in [3.8, 4) is 0 Å². The molecule has 0 spiro atoms. The van der Waals surface area contributed by atoms with Crippen molar-refractivity contribution < 1.29 is 56.2 Å². The SMILES string of the molecule is CCCCCCCCCCCCCCCCCCCCCCCCCCOCC(COC1OC(CO)C(O)C(OS(=O)(=O)O)C1O)OC(=O)CCCCCCCCCCCCCCCCCCCCCCCCCC. The molecular weight excluding hydrogens is 969 g/mol. The minimum Gasteiger partial charge on any atom is -0.457 e. The lowest BCUT2D eigenvalue weighted by molar-refractivity contribution is -0.301. The molecule has 0 aromatic carbocycles. The third kappa shape index (κ3) is 46.5. The predicted octanol–water partition coefficient (Wildman–Crippen LogP) is 16.7. The van der Waals surface area contributed by atoms with Crippen molar-refractivity contribution in [3.63, 3.8) is 0 Å². The molecule has 0 saturated carbocycles. The van der Waals surface area contributed by atoms with E-state index in [1.807, 2.05) is 0 Å². The van der Waals surface area contributed by atoms with E-state index < -0.39 is 53.8 Å². The smallest absolute Gasteiger partial charge is 0.397 e. The highest BCUT2D eigenvalue weighted by atomic mass is 32.3. The van der Waals surface area contributed by atoms with Gasteiger partial charge in [-0.25, -0.2) is 4.18 Å². The van der Waals surface area contributed by atoms with E-state index in [1.54, 1.807) is 0 Å². The van der Waals surface area contributed by atoms with Gasteiger partial charge in [-0.1, -0.05) is 309 Å². The number of rotatable bonds is 59. The van der Waals surface area contributed by atoms with Crippen LogP contribution in [0.2, 0.25) is 0 Å². The van der Waals surface area contributed by atoms with Gasteiger partial charge in [0.2, 0.25) is 0 Å². The first-order valence-corrected chi connectivity index (χ1v) is 33.7. The van der Waals surface area contributed by atoms with Gasteiger partial charge in [-0.2, -0.15) is 8.42 Å². The van der Waals surface area contributed by atoms with Gasteiger partial charge in [-0.05, 0) is 12.8 Å². The first-order chi connectivity index (χ1) is 36.6. The summed E-state index contributed by atoms with van der Waals surface area (Å²) in [5.41, 5.74) is 0. The summed E-state index contributed by atoms with van der Waals surface area (Å²) in [6.07, 6.45) is 54.4. The van der Waals surface area contributed by atoms with E-state index in [4.69, 9.17) is 18.9 Å². The Labute approximate surface area is 462 Å². The predicted molar refractivity (Wildman–Crippen MR) is 308 cm³/mol. The number of esters is 1. The number of hydrogen-bond donors (Lipinski definition) is 4. The molecular formula is C62H122O12S. The number of unbranched alkanes of at least 4 members (excludes halogenated alkanes) is 46. The van der Waals surface area contributed by atoms with E-state index in [-0.39, 0.29) is 25.6 Å². The van der Waals surface area contributed by atoms with Crippen LogP contribution in [0.4, 0.5) is 0 Å². The first-order valence-electron chi connectivity index (χ1n) is 32.3. The second-order valence-electron chi connectivity index (χ2n) is 22.7. The molecule has 1 aliphatic heterocycles. The van der Waals surface area contributed by atoms with E-state index in [0.717, 1.165) is 38.5 Å². The van der Waals surface area contributed by atoms with Gasteiger partial charge < -0.3 is 34.3 Å². The highest BCUT2D eigenvalue weighted by Crippen LogP contribution is 2.26. The molecule has 6 atom stereocenters. The zero-order valence-electron chi connectivity index (χ0n) is 48.9. The standard InChI is InChI=1S/C62H122O12S/c1-3-5-7-9-11-13-15-17-19-21-23-25-27-29-31-33-35-37-39-41-43-45-47-49-51-58(64)72-56(55-71-62-60(66)61(74-75(67,68)69)59(65)57(53-63)73-62)54-70-52-50-48-46-44-42-40-38-36-34-32-30-28-26-24-22-20-18-16-14-12-10-8-6-4-2/h56-57,59-63,65-66H,3-55H2,1-2H3,(H,67,68,69). The van der Waals surface area contributed by atoms with Crippen molar-refractivity contribution in [1.29, 1.82) is 0 Å². The molecule has 1 rings (SSSR count). The topological polar surface area (TPSA) is 178 Å². The van der Waals surface area contributed by atoms with Crippen LogP contribution in [-0.2, 0) is 38.3 Å². The van der Waals surface area contributed by atoms with Crippen LogP contribution in [0.15, 0.2) is 0 Å². The monoisotopic (exact) mass is 1090 g/mol. The molecule has 0 bridgehead atoms. The molecule has 1 aliphatic rings. The van der Waals surface area contributed by atoms with Crippen LogP contribution in [0.5, 0.6) is 0 Å². The van der Waals surface area contributed by atoms with Crippen molar-refractivity contribution in [2.24, 2.45) is 0 Å². The van der Waals surface area contributed by atoms with Crippen molar-refractivity contribution in [2.45, 2.75) is 365 Å². The molecule has 1 saturated heterocycles. The molecule has 4 N–H and O–H groups in total. The Morgan fingerprint density at radius 1 is 0.453 bits per heavy atom. The maximum absolute atomic E-state index is 13.0. The molecule has 0 radical (unpaired) electrons. The Hall–Kier alpha value is -0.900. The summed E-state index contributed by atoms with van der Waals surface area (Å²) in [4.78, 5) is 13.0. The lowest BCUT2D eigenvalue weighted by Gasteiger charge is -2.41. The summed E-state index contributed by atoms with van der Waals surface area (Å²) < 4.78 is 59.6. The average molecular weight is 1090 g/mol. The molecule has 0 aromatic rings. The maximum atomic E-state index is 13.0. The minimum atomic E-state index is -5.06. The van der Waals surface area contributed by atoms with Crippen molar-refractivity contribution in [2.75, 3.05) is 26.4 Å². The minimum absolute atomic E-state index is 0.0460. The summed E-state index contributed by atoms with van der Waals surface area (Å²) in [5.74, 6) is -0.387. The van der Waals surface area contributed by atoms with Gasteiger partial charge in [0.15, 0.2) is 6.29 Å². The van der Waals surface area contributed by atoms with Gasteiger partial charge >= 0.3 is 16.4 Å². The number of carbonyl (C=O) groups excluding carboxylic acids is 1. The van der Waals surface area contributed by atoms with E-state index in [2.05, 4.69) is 18.0 Å². The van der Waals surface area contributed by atoms with Crippen LogP contribution in [-0.4, -0.2) is 97.5 Å². The van der Waals surface area contributed by atoms with Crippen LogP contribution in [0.25, 0.3) is 0 Å². The fourth-order valence-corrected chi connectivity index (χ4v) is 11.1. The molecule has 0 aliphatic carbocycles. The van der Waals surface area contributed by atoms with Gasteiger partial charge in [0.25, 0.3) is 0 Å². The van der Waals surface area contributed by atoms with E-state index in [1.165, 1.54) is 263 Å². The summed E-state index contributed by atoms with van der Waals surface area (Å²) in [5, 5.41) is 30.9. The fraction of sp³-hybridized carbons (Fsp3) is 0.984.